The number of aromatic nitrogens is 2. The van der Waals surface area contributed by atoms with Crippen LogP contribution in [0.25, 0.3) is 11.7 Å². The number of thioether (sulfide) groups is 2. The molecule has 0 aliphatic carbocycles. The number of pyridine rings is 1. The number of ether oxygens (including phenoxy) is 1. The number of rotatable bonds is 4. The van der Waals surface area contributed by atoms with Crippen molar-refractivity contribution in [2.45, 2.75) is 18.9 Å². The van der Waals surface area contributed by atoms with Crippen LogP contribution in [-0.2, 0) is 9.53 Å². The zero-order valence-corrected chi connectivity index (χ0v) is 19.3. The van der Waals surface area contributed by atoms with E-state index in [0.29, 0.717) is 32.8 Å². The van der Waals surface area contributed by atoms with E-state index in [0.717, 1.165) is 44.0 Å². The summed E-state index contributed by atoms with van der Waals surface area (Å²) in [6.07, 6.45) is 5.35. The summed E-state index contributed by atoms with van der Waals surface area (Å²) in [5, 5.41) is 0. The van der Waals surface area contributed by atoms with E-state index < -0.39 is 0 Å². The summed E-state index contributed by atoms with van der Waals surface area (Å²) in [6.45, 7) is 2.83. The molecular weight excluding hydrogens is 452 g/mol. The molecule has 2 aromatic heterocycles. The number of thiocarbonyl (C=S) groups is 1. The van der Waals surface area contributed by atoms with Crippen molar-refractivity contribution < 1.29 is 9.53 Å². The van der Waals surface area contributed by atoms with E-state index in [1.807, 2.05) is 23.9 Å². The highest BCUT2D eigenvalue weighted by Gasteiger charge is 2.35. The first-order chi connectivity index (χ1) is 15.1. The van der Waals surface area contributed by atoms with Crippen LogP contribution in [0.2, 0.25) is 0 Å². The van der Waals surface area contributed by atoms with Gasteiger partial charge in [0.05, 0.1) is 23.1 Å². The molecule has 0 bridgehead atoms. The molecule has 5 heterocycles. The van der Waals surface area contributed by atoms with Crippen molar-refractivity contribution in [3.8, 4) is 0 Å². The van der Waals surface area contributed by atoms with Crippen molar-refractivity contribution >= 4 is 63.5 Å². The van der Waals surface area contributed by atoms with Gasteiger partial charge in [0.15, 0.2) is 0 Å². The highest BCUT2D eigenvalue weighted by atomic mass is 32.2. The number of anilines is 1. The Balaban J connectivity index is 1.55. The highest BCUT2D eigenvalue weighted by Crippen LogP contribution is 2.34. The van der Waals surface area contributed by atoms with Crippen molar-refractivity contribution in [2.24, 2.45) is 0 Å². The number of fused-ring (bicyclic) bond motifs is 1. The third kappa shape index (κ3) is 4.13. The van der Waals surface area contributed by atoms with Gasteiger partial charge in [-0.15, -0.1) is 0 Å². The lowest BCUT2D eigenvalue weighted by Crippen LogP contribution is -2.36. The molecule has 1 unspecified atom stereocenters. The minimum Gasteiger partial charge on any atom is -0.376 e. The largest absolute Gasteiger partial charge is 0.376 e. The van der Waals surface area contributed by atoms with Crippen LogP contribution in [0.5, 0.6) is 0 Å². The fourth-order valence-electron chi connectivity index (χ4n) is 4.01. The van der Waals surface area contributed by atoms with Crippen LogP contribution in [0.4, 0.5) is 5.82 Å². The van der Waals surface area contributed by atoms with Crippen LogP contribution in [0.1, 0.15) is 18.4 Å². The number of hydrogen-bond donors (Lipinski definition) is 0. The van der Waals surface area contributed by atoms with Gasteiger partial charge in [-0.25, -0.2) is 4.98 Å². The van der Waals surface area contributed by atoms with Crippen molar-refractivity contribution in [3.05, 3.63) is 45.2 Å². The van der Waals surface area contributed by atoms with Gasteiger partial charge in [0.2, 0.25) is 0 Å². The molecule has 0 spiro atoms. The van der Waals surface area contributed by atoms with Gasteiger partial charge in [0, 0.05) is 37.4 Å². The van der Waals surface area contributed by atoms with E-state index >= 15 is 0 Å². The molecule has 7 nitrogen and oxygen atoms in total. The molecule has 31 heavy (non-hydrogen) atoms. The van der Waals surface area contributed by atoms with Gasteiger partial charge in [-0.2, -0.15) is 11.8 Å². The average Bonchev–Trinajstić information content (AvgIpc) is 3.40. The number of nitrogens with zero attached hydrogens (tertiary/aromatic N) is 4. The van der Waals surface area contributed by atoms with Gasteiger partial charge in [-0.3, -0.25) is 18.9 Å². The Bertz CT molecular complexity index is 1120. The van der Waals surface area contributed by atoms with E-state index in [1.54, 1.807) is 23.2 Å². The minimum absolute atomic E-state index is 0.0243. The van der Waals surface area contributed by atoms with Crippen LogP contribution >= 0.6 is 35.7 Å². The van der Waals surface area contributed by atoms with E-state index in [-0.39, 0.29) is 17.6 Å². The average molecular weight is 475 g/mol. The quantitative estimate of drug-likeness (QED) is 0.495. The Kier molecular flexibility index (Phi) is 6.05. The van der Waals surface area contributed by atoms with Crippen molar-refractivity contribution in [2.75, 3.05) is 42.6 Å². The lowest BCUT2D eigenvalue weighted by molar-refractivity contribution is -0.123. The third-order valence-electron chi connectivity index (χ3n) is 5.62. The first-order valence-corrected chi connectivity index (χ1v) is 12.7. The van der Waals surface area contributed by atoms with Gasteiger partial charge < -0.3 is 9.64 Å². The number of amides is 1. The molecule has 5 rings (SSSR count). The zero-order valence-electron chi connectivity index (χ0n) is 16.9. The normalized spacial score (nSPS) is 23.5. The maximum atomic E-state index is 13.4. The predicted octanol–water partition coefficient (Wildman–Crippen LogP) is 2.63. The van der Waals surface area contributed by atoms with Crippen LogP contribution < -0.4 is 10.5 Å². The molecule has 3 aliphatic heterocycles. The number of carbonyl (C=O) groups is 1. The smallest absolute Gasteiger partial charge is 0.267 e. The molecule has 2 aromatic rings. The zero-order chi connectivity index (χ0) is 21.4. The maximum Gasteiger partial charge on any atom is 0.267 e. The molecule has 3 fully saturated rings. The summed E-state index contributed by atoms with van der Waals surface area (Å²) in [6, 6.07) is 5.50. The molecule has 0 N–H and O–H groups in total. The van der Waals surface area contributed by atoms with Crippen LogP contribution in [0.3, 0.4) is 0 Å². The Hall–Kier alpha value is -1.88. The fraction of sp³-hybridized carbons (Fsp3) is 0.429. The van der Waals surface area contributed by atoms with Gasteiger partial charge in [0.25, 0.3) is 11.5 Å². The molecule has 3 aliphatic rings. The molecule has 3 saturated heterocycles. The summed E-state index contributed by atoms with van der Waals surface area (Å²) in [4.78, 5) is 35.5. The first-order valence-electron chi connectivity index (χ1n) is 10.3. The number of hydrogen-bond acceptors (Lipinski definition) is 8. The van der Waals surface area contributed by atoms with E-state index in [2.05, 4.69) is 4.90 Å². The second kappa shape index (κ2) is 8.93. The molecular formula is C21H22N4O3S3. The fourth-order valence-corrected chi connectivity index (χ4v) is 6.17. The Morgan fingerprint density at radius 2 is 2.10 bits per heavy atom. The maximum absolute atomic E-state index is 13.4. The van der Waals surface area contributed by atoms with Gasteiger partial charge in [-0.05, 0) is 31.1 Å². The molecule has 0 aromatic carbocycles. The Morgan fingerprint density at radius 1 is 1.26 bits per heavy atom. The van der Waals surface area contributed by atoms with Crippen LogP contribution in [0.15, 0.2) is 34.1 Å². The second-order valence-corrected chi connectivity index (χ2v) is 10.5. The van der Waals surface area contributed by atoms with Crippen molar-refractivity contribution in [1.29, 1.82) is 0 Å². The Morgan fingerprint density at radius 3 is 2.87 bits per heavy atom. The van der Waals surface area contributed by atoms with Crippen LogP contribution in [0, 0.1) is 0 Å². The van der Waals surface area contributed by atoms with E-state index in [1.165, 1.54) is 16.2 Å². The van der Waals surface area contributed by atoms with Gasteiger partial charge in [0.1, 0.15) is 15.8 Å². The molecule has 0 radical (unpaired) electrons. The lowest BCUT2D eigenvalue weighted by atomic mass is 10.2. The predicted molar refractivity (Wildman–Crippen MR) is 130 cm³/mol. The van der Waals surface area contributed by atoms with Crippen molar-refractivity contribution in [1.82, 2.24) is 14.3 Å². The van der Waals surface area contributed by atoms with E-state index in [4.69, 9.17) is 21.9 Å². The molecule has 10 heteroatoms. The monoisotopic (exact) mass is 474 g/mol. The summed E-state index contributed by atoms with van der Waals surface area (Å²) < 4.78 is 7.72. The SMILES string of the molecule is O=C1C(=Cc2c(N3CCSCC3)nc3ccccn3c2=O)SC(=S)N1CC1CCCO1. The minimum atomic E-state index is -0.178. The van der Waals surface area contributed by atoms with Crippen LogP contribution in [-0.4, -0.2) is 68.4 Å². The van der Waals surface area contributed by atoms with Crippen molar-refractivity contribution in [3.63, 3.8) is 0 Å². The van der Waals surface area contributed by atoms with E-state index in [9.17, 15) is 9.59 Å². The number of carbonyl (C=O) groups excluding carboxylic acids is 1. The summed E-state index contributed by atoms with van der Waals surface area (Å²) in [5.74, 6) is 2.45. The standard InChI is InChI=1S/C21H22N4O3S3/c26-19-15(12-16-20(27)25(21(29)31-16)13-14-4-3-9-28-14)18(23-7-10-30-11-8-23)22-17-5-1-2-6-24(17)19/h1-2,5-6,12,14H,3-4,7-11,13H2. The highest BCUT2D eigenvalue weighted by molar-refractivity contribution is 8.26. The third-order valence-corrected chi connectivity index (χ3v) is 7.94. The lowest BCUT2D eigenvalue weighted by Gasteiger charge is -2.28. The topological polar surface area (TPSA) is 67.2 Å². The van der Waals surface area contributed by atoms with Gasteiger partial charge >= 0.3 is 0 Å². The summed E-state index contributed by atoms with van der Waals surface area (Å²) >= 11 is 8.61. The second-order valence-electron chi connectivity index (χ2n) is 7.61. The molecule has 1 amide bonds. The molecule has 162 valence electrons. The summed E-state index contributed by atoms with van der Waals surface area (Å²) in [5.41, 5.74) is 0.861. The molecule has 1 atom stereocenters. The summed E-state index contributed by atoms with van der Waals surface area (Å²) in [7, 11) is 0. The Labute approximate surface area is 193 Å². The van der Waals surface area contributed by atoms with Gasteiger partial charge in [-0.1, -0.05) is 30.0 Å². The molecule has 0 saturated carbocycles. The first kappa shape index (κ1) is 21.0.